The summed E-state index contributed by atoms with van der Waals surface area (Å²) in [4.78, 5) is 59.2. The molecule has 0 saturated carbocycles. The van der Waals surface area contributed by atoms with E-state index in [1.54, 1.807) is 0 Å². The summed E-state index contributed by atoms with van der Waals surface area (Å²) in [7, 11) is 1.02. The van der Waals surface area contributed by atoms with Crippen molar-refractivity contribution < 1.29 is 57.9 Å². The van der Waals surface area contributed by atoms with Crippen molar-refractivity contribution in [2.45, 2.75) is 57.5 Å². The summed E-state index contributed by atoms with van der Waals surface area (Å²) in [6, 6.07) is 2.66. The molecule has 1 fully saturated rings. The van der Waals surface area contributed by atoms with Crippen molar-refractivity contribution >= 4 is 35.5 Å². The average molecular weight is 498 g/mol. The first-order valence-electron chi connectivity index (χ1n) is 10.2. The number of anilines is 1. The summed E-state index contributed by atoms with van der Waals surface area (Å²) in [5.74, 6) is -5.18. The Balaban J connectivity index is 2.47. The zero-order valence-electron chi connectivity index (χ0n) is 19.3. The molecule has 5 N–H and O–H groups in total. The third kappa shape index (κ3) is 6.88. The van der Waals surface area contributed by atoms with Crippen molar-refractivity contribution in [2.75, 3.05) is 12.4 Å². The lowest BCUT2D eigenvalue weighted by molar-refractivity contribution is -0.278. The normalized spacial score (nSPS) is 24.5. The highest BCUT2D eigenvalue weighted by molar-refractivity contribution is 5.96. The number of carboxylic acid groups (broad SMARTS) is 1. The molecule has 14 nitrogen and oxygen atoms in total. The number of aromatic carboxylic acids is 1. The number of carbonyl (C=O) groups excluding carboxylic acids is 4. The van der Waals surface area contributed by atoms with E-state index < -0.39 is 66.5 Å². The Morgan fingerprint density at radius 2 is 1.69 bits per heavy atom. The van der Waals surface area contributed by atoms with E-state index in [4.69, 9.17) is 24.7 Å². The van der Waals surface area contributed by atoms with Crippen LogP contribution >= 0.6 is 0 Å². The number of nitrogens with two attached hydrogens (primary N) is 1. The maximum atomic E-state index is 12.3. The molecule has 0 radical (unpaired) electrons. The van der Waals surface area contributed by atoms with Crippen LogP contribution in [0.4, 0.5) is 5.69 Å². The van der Waals surface area contributed by atoms with Crippen LogP contribution < -0.4 is 15.8 Å². The van der Waals surface area contributed by atoms with Crippen molar-refractivity contribution in [1.82, 2.24) is 0 Å². The first-order valence-corrected chi connectivity index (χ1v) is 10.2. The minimum Gasteiger partial charge on any atom is -0.478 e. The molecule has 1 aliphatic rings. The average Bonchev–Trinajstić information content (AvgIpc) is 2.76. The van der Waals surface area contributed by atoms with Gasteiger partial charge in [-0.2, -0.15) is 0 Å². The highest BCUT2D eigenvalue weighted by atomic mass is 16.7. The Morgan fingerprint density at radius 3 is 2.20 bits per heavy atom. The van der Waals surface area contributed by atoms with Gasteiger partial charge in [0.15, 0.2) is 24.4 Å². The molecule has 0 spiro atoms. The Bertz CT molecular complexity index is 995. The molecule has 0 aliphatic carbocycles. The second kappa shape index (κ2) is 11.6. The molecule has 1 heterocycles. The molecule has 6 atom stereocenters. The maximum absolute atomic E-state index is 12.3. The molecule has 1 aromatic rings. The number of esters is 3. The van der Waals surface area contributed by atoms with E-state index in [9.17, 15) is 34.2 Å². The van der Waals surface area contributed by atoms with Gasteiger partial charge in [0.1, 0.15) is 11.3 Å². The lowest BCUT2D eigenvalue weighted by Gasteiger charge is -2.41. The van der Waals surface area contributed by atoms with Crippen LogP contribution in [-0.4, -0.2) is 83.9 Å². The molecule has 0 unspecified atom stereocenters. The first-order chi connectivity index (χ1) is 16.3. The van der Waals surface area contributed by atoms with Gasteiger partial charge >= 0.3 is 23.9 Å². The number of aliphatic hydroxyl groups excluding tert-OH is 1. The van der Waals surface area contributed by atoms with Crippen molar-refractivity contribution in [3.63, 3.8) is 0 Å². The van der Waals surface area contributed by atoms with Crippen molar-refractivity contribution in [2.24, 2.45) is 5.73 Å². The minimum atomic E-state index is -1.85. The monoisotopic (exact) mass is 498 g/mol. The van der Waals surface area contributed by atoms with Gasteiger partial charge in [-0.25, -0.2) is 9.59 Å². The Labute approximate surface area is 199 Å². The van der Waals surface area contributed by atoms with Crippen molar-refractivity contribution in [3.05, 3.63) is 23.8 Å². The van der Waals surface area contributed by atoms with Gasteiger partial charge in [0.25, 0.3) is 0 Å². The summed E-state index contributed by atoms with van der Waals surface area (Å²) in [6.45, 7) is 3.48. The van der Waals surface area contributed by atoms with Crippen molar-refractivity contribution in [1.29, 1.82) is 0 Å². The van der Waals surface area contributed by atoms with Gasteiger partial charge in [0.05, 0.1) is 13.2 Å². The highest BCUT2D eigenvalue weighted by Gasteiger charge is 2.53. The number of carbonyl (C=O) groups is 5. The maximum Gasteiger partial charge on any atom is 0.339 e. The predicted molar refractivity (Wildman–Crippen MR) is 114 cm³/mol. The van der Waals surface area contributed by atoms with Gasteiger partial charge in [-0.3, -0.25) is 14.4 Å². The van der Waals surface area contributed by atoms with Gasteiger partial charge in [-0.05, 0) is 19.1 Å². The summed E-state index contributed by atoms with van der Waals surface area (Å²) in [5.41, 5.74) is 5.23. The molecule has 1 aliphatic heterocycles. The van der Waals surface area contributed by atoms with E-state index in [0.29, 0.717) is 0 Å². The molecule has 0 bridgehead atoms. The molecule has 1 amide bonds. The number of amides is 1. The summed E-state index contributed by atoms with van der Waals surface area (Å²) < 4.78 is 25.8. The summed E-state index contributed by atoms with van der Waals surface area (Å²) in [5, 5.41) is 22.8. The number of methoxy groups -OCH3 is 1. The van der Waals surface area contributed by atoms with E-state index in [0.717, 1.165) is 33.1 Å². The third-order valence-electron chi connectivity index (χ3n) is 4.69. The van der Waals surface area contributed by atoms with Crippen LogP contribution in [0.25, 0.3) is 0 Å². The van der Waals surface area contributed by atoms with E-state index in [1.807, 2.05) is 0 Å². The number of aliphatic hydroxyl groups is 1. The highest BCUT2D eigenvalue weighted by Crippen LogP contribution is 2.32. The number of hydrogen-bond donors (Lipinski definition) is 4. The number of rotatable bonds is 8. The largest absolute Gasteiger partial charge is 0.478 e. The fraction of sp³-hybridized carbons (Fsp3) is 0.476. The zero-order valence-corrected chi connectivity index (χ0v) is 19.3. The lowest BCUT2D eigenvalue weighted by atomic mass is 9.98. The van der Waals surface area contributed by atoms with Crippen LogP contribution in [-0.2, 0) is 38.1 Å². The van der Waals surface area contributed by atoms with E-state index in [-0.39, 0.29) is 17.0 Å². The molecule has 35 heavy (non-hydrogen) atoms. The Hall–Kier alpha value is -3.75. The van der Waals surface area contributed by atoms with E-state index in [1.165, 1.54) is 13.0 Å². The van der Waals surface area contributed by atoms with Gasteiger partial charge in [0.2, 0.25) is 12.2 Å². The van der Waals surface area contributed by atoms with Gasteiger partial charge < -0.3 is 44.9 Å². The third-order valence-corrected chi connectivity index (χ3v) is 4.69. The second-order valence-corrected chi connectivity index (χ2v) is 7.50. The van der Waals surface area contributed by atoms with Crippen LogP contribution in [0.15, 0.2) is 18.2 Å². The molecular formula is C21H26N2O12. The van der Waals surface area contributed by atoms with Crippen LogP contribution in [0, 0.1) is 0 Å². The smallest absolute Gasteiger partial charge is 0.339 e. The van der Waals surface area contributed by atoms with Crippen LogP contribution in [0.3, 0.4) is 0 Å². The number of hydrogen-bond acceptors (Lipinski definition) is 12. The number of ether oxygens (including phenoxy) is 5. The fourth-order valence-electron chi connectivity index (χ4n) is 3.13. The Kier molecular flexibility index (Phi) is 9.11. The summed E-state index contributed by atoms with van der Waals surface area (Å²) in [6.07, 6.45) is -8.61. The molecular weight excluding hydrogens is 472 g/mol. The zero-order chi connectivity index (χ0) is 26.4. The first kappa shape index (κ1) is 27.5. The number of benzene rings is 1. The summed E-state index contributed by atoms with van der Waals surface area (Å²) >= 11 is 0. The Morgan fingerprint density at radius 1 is 1.09 bits per heavy atom. The fourth-order valence-corrected chi connectivity index (χ4v) is 3.13. The quantitative estimate of drug-likeness (QED) is 0.255. The molecule has 14 heteroatoms. The molecule has 192 valence electrons. The van der Waals surface area contributed by atoms with Gasteiger partial charge in [-0.1, -0.05) is 0 Å². The van der Waals surface area contributed by atoms with Crippen LogP contribution in [0.1, 0.15) is 31.1 Å². The van der Waals surface area contributed by atoms with Gasteiger partial charge in [-0.15, -0.1) is 0 Å². The van der Waals surface area contributed by atoms with E-state index >= 15 is 0 Å². The second-order valence-electron chi connectivity index (χ2n) is 7.50. The number of carboxylic acids is 1. The molecule has 2 rings (SSSR count). The molecule has 1 saturated heterocycles. The standard InChI is InChI=1S/C21H26N2O12/c1-8(22)18(27)23-11-5-6-12(19(28)29)13(7-11)34-21-14(26)15(32-9(2)24)16(33-10(3)25)17(35-21)20(30)31-4/h5-8,14-17,21,26H,22H2,1-4H3,(H,23,27)(H,28,29)/t8-,14+,15+,16-,17-,21+/m0/s1. The number of nitrogens with one attached hydrogen (secondary N) is 1. The topological polar surface area (TPSA) is 210 Å². The van der Waals surface area contributed by atoms with Crippen molar-refractivity contribution in [3.8, 4) is 5.75 Å². The van der Waals surface area contributed by atoms with Gasteiger partial charge in [0, 0.05) is 25.6 Å². The van der Waals surface area contributed by atoms with Crippen LogP contribution in [0.5, 0.6) is 5.75 Å². The molecule has 1 aromatic carbocycles. The molecule has 0 aromatic heterocycles. The predicted octanol–water partition coefficient (Wildman–Crippen LogP) is -0.828. The minimum absolute atomic E-state index is 0.108. The lowest BCUT2D eigenvalue weighted by Crippen LogP contribution is -2.63. The SMILES string of the molecule is COC(=O)[C@H]1O[C@@H](Oc2cc(NC(=O)[C@H](C)N)ccc2C(=O)O)[C@H](O)[C@@H](OC(C)=O)[C@@H]1OC(C)=O. The van der Waals surface area contributed by atoms with E-state index in [2.05, 4.69) is 10.1 Å². The van der Waals surface area contributed by atoms with Crippen LogP contribution in [0.2, 0.25) is 0 Å².